The Bertz CT molecular complexity index is 990. The summed E-state index contributed by atoms with van der Waals surface area (Å²) in [4.78, 5) is 40.0. The molecule has 1 heterocycles. The van der Waals surface area contributed by atoms with Crippen molar-refractivity contribution in [2.24, 2.45) is 11.8 Å². The summed E-state index contributed by atoms with van der Waals surface area (Å²) in [5.41, 5.74) is -0.194. The highest BCUT2D eigenvalue weighted by Crippen LogP contribution is 2.27. The minimum Gasteiger partial charge on any atom is -0.467 e. The van der Waals surface area contributed by atoms with Gasteiger partial charge in [0, 0.05) is 30.6 Å². The molecular formula is C25H34F3N3O4S. The molecule has 36 heavy (non-hydrogen) atoms. The van der Waals surface area contributed by atoms with Crippen molar-refractivity contribution in [1.29, 1.82) is 0 Å². The van der Waals surface area contributed by atoms with Crippen LogP contribution < -0.4 is 10.6 Å². The topological polar surface area (TPSA) is 87.7 Å². The number of carbonyl (C=O) groups is 3. The van der Waals surface area contributed by atoms with Gasteiger partial charge in [-0.05, 0) is 37.2 Å². The molecule has 1 saturated heterocycles. The summed E-state index contributed by atoms with van der Waals surface area (Å²) < 4.78 is 46.3. The van der Waals surface area contributed by atoms with Gasteiger partial charge in [-0.3, -0.25) is 9.59 Å². The predicted octanol–water partition coefficient (Wildman–Crippen LogP) is 3.63. The summed E-state index contributed by atoms with van der Waals surface area (Å²) in [6.45, 7) is 7.16. The molecule has 0 spiro atoms. The number of benzene rings is 1. The van der Waals surface area contributed by atoms with Crippen LogP contribution in [0, 0.1) is 29.3 Å². The van der Waals surface area contributed by atoms with E-state index in [1.165, 1.54) is 7.11 Å². The lowest BCUT2D eigenvalue weighted by molar-refractivity contribution is -0.146. The van der Waals surface area contributed by atoms with Crippen molar-refractivity contribution in [3.05, 3.63) is 35.1 Å². The Balaban J connectivity index is 2.09. The van der Waals surface area contributed by atoms with Crippen molar-refractivity contribution >= 4 is 35.0 Å². The molecule has 0 aromatic heterocycles. The monoisotopic (exact) mass is 529 g/mol. The maximum atomic E-state index is 14.2. The number of hydrogen-bond donors (Lipinski definition) is 2. The zero-order chi connectivity index (χ0) is 27.2. The molecular weight excluding hydrogens is 495 g/mol. The van der Waals surface area contributed by atoms with Crippen LogP contribution in [0.1, 0.15) is 58.9 Å². The van der Waals surface area contributed by atoms with Crippen molar-refractivity contribution in [2.75, 3.05) is 7.11 Å². The van der Waals surface area contributed by atoms with Gasteiger partial charge in [-0.15, -0.1) is 0 Å². The number of halogens is 3. The largest absolute Gasteiger partial charge is 0.467 e. The van der Waals surface area contributed by atoms with Gasteiger partial charge < -0.3 is 20.3 Å². The van der Waals surface area contributed by atoms with Crippen LogP contribution in [0.5, 0.6) is 0 Å². The second-order valence-corrected chi connectivity index (χ2v) is 10.3. The van der Waals surface area contributed by atoms with Crippen LogP contribution in [0.15, 0.2) is 12.1 Å². The van der Waals surface area contributed by atoms with E-state index >= 15 is 0 Å². The summed E-state index contributed by atoms with van der Waals surface area (Å²) in [6, 6.07) is -0.805. The zero-order valence-electron chi connectivity index (χ0n) is 21.2. The number of hydrogen-bond acceptors (Lipinski definition) is 5. The number of nitrogens with one attached hydrogen (secondary N) is 2. The highest BCUT2D eigenvalue weighted by Gasteiger charge is 2.34. The number of ether oxygens (including phenoxy) is 1. The first kappa shape index (κ1) is 29.5. The lowest BCUT2D eigenvalue weighted by atomic mass is 10.00. The molecule has 3 atom stereocenters. The molecule has 0 unspecified atom stereocenters. The predicted molar refractivity (Wildman–Crippen MR) is 132 cm³/mol. The molecule has 200 valence electrons. The molecule has 7 nitrogen and oxygen atoms in total. The molecule has 0 saturated carbocycles. The Labute approximate surface area is 215 Å². The van der Waals surface area contributed by atoms with E-state index in [4.69, 9.17) is 17.0 Å². The average Bonchev–Trinajstić information content (AvgIpc) is 3.12. The highest BCUT2D eigenvalue weighted by atomic mass is 32.1. The van der Waals surface area contributed by atoms with Gasteiger partial charge in [-0.25, -0.2) is 18.0 Å². The molecule has 0 aliphatic carbocycles. The zero-order valence-corrected chi connectivity index (χ0v) is 22.0. The molecule has 1 fully saturated rings. The van der Waals surface area contributed by atoms with E-state index in [-0.39, 0.29) is 30.4 Å². The number of methoxy groups -OCH3 is 1. The van der Waals surface area contributed by atoms with Gasteiger partial charge in [0.1, 0.15) is 17.9 Å². The van der Waals surface area contributed by atoms with Crippen molar-refractivity contribution in [3.63, 3.8) is 0 Å². The second kappa shape index (κ2) is 13.0. The Morgan fingerprint density at radius 3 is 2.39 bits per heavy atom. The average molecular weight is 530 g/mol. The Morgan fingerprint density at radius 2 is 1.81 bits per heavy atom. The Hall–Kier alpha value is -2.69. The van der Waals surface area contributed by atoms with Crippen LogP contribution in [-0.4, -0.2) is 52.9 Å². The maximum absolute atomic E-state index is 14.2. The molecule has 2 N–H and O–H groups in total. The first-order chi connectivity index (χ1) is 16.8. The summed E-state index contributed by atoms with van der Waals surface area (Å²) in [5, 5.41) is 5.39. The van der Waals surface area contributed by atoms with Gasteiger partial charge >= 0.3 is 5.97 Å². The first-order valence-electron chi connectivity index (χ1n) is 11.9. The van der Waals surface area contributed by atoms with Crippen LogP contribution in [0.2, 0.25) is 0 Å². The number of likely N-dealkylation sites (tertiary alicyclic amines) is 1. The van der Waals surface area contributed by atoms with E-state index in [1.54, 1.807) is 18.7 Å². The summed E-state index contributed by atoms with van der Waals surface area (Å²) in [7, 11) is 1.24. The minimum atomic E-state index is -1.29. The van der Waals surface area contributed by atoms with Crippen LogP contribution in [-0.2, 0) is 25.7 Å². The fourth-order valence-electron chi connectivity index (χ4n) is 4.20. The van der Waals surface area contributed by atoms with Gasteiger partial charge in [0.2, 0.25) is 11.8 Å². The van der Waals surface area contributed by atoms with Crippen LogP contribution in [0.3, 0.4) is 0 Å². The third-order valence-electron chi connectivity index (χ3n) is 6.06. The fraction of sp³-hybridized carbons (Fsp3) is 0.600. The smallest absolute Gasteiger partial charge is 0.328 e. The van der Waals surface area contributed by atoms with E-state index in [2.05, 4.69) is 10.6 Å². The Kier molecular flexibility index (Phi) is 10.7. The molecule has 1 aromatic carbocycles. The highest BCUT2D eigenvalue weighted by molar-refractivity contribution is 7.80. The van der Waals surface area contributed by atoms with E-state index < -0.39 is 53.4 Å². The number of carbonyl (C=O) groups excluding carboxylic acids is 3. The van der Waals surface area contributed by atoms with Gasteiger partial charge in [0.05, 0.1) is 12.1 Å². The maximum Gasteiger partial charge on any atom is 0.328 e. The van der Waals surface area contributed by atoms with Gasteiger partial charge in [-0.2, -0.15) is 0 Å². The number of thiocarbonyl (C=S) groups is 1. The minimum absolute atomic E-state index is 0.0531. The number of nitrogens with zero attached hydrogens (tertiary/aromatic N) is 1. The Morgan fingerprint density at radius 1 is 1.14 bits per heavy atom. The lowest BCUT2D eigenvalue weighted by Gasteiger charge is -2.28. The molecule has 0 bridgehead atoms. The molecule has 2 amide bonds. The van der Waals surface area contributed by atoms with Crippen LogP contribution in [0.25, 0.3) is 0 Å². The van der Waals surface area contributed by atoms with Crippen molar-refractivity contribution in [1.82, 2.24) is 15.5 Å². The van der Waals surface area contributed by atoms with Gasteiger partial charge in [-0.1, -0.05) is 39.9 Å². The number of esters is 1. The summed E-state index contributed by atoms with van der Waals surface area (Å²) >= 11 is 5.34. The van der Waals surface area contributed by atoms with E-state index in [1.807, 2.05) is 13.8 Å². The van der Waals surface area contributed by atoms with Crippen molar-refractivity contribution < 1.29 is 32.3 Å². The second-order valence-electron chi connectivity index (χ2n) is 9.78. The van der Waals surface area contributed by atoms with Gasteiger partial charge in [0.15, 0.2) is 11.6 Å². The summed E-state index contributed by atoms with van der Waals surface area (Å²) in [5.74, 6) is -5.03. The molecule has 1 aromatic rings. The fourth-order valence-corrected chi connectivity index (χ4v) is 4.53. The van der Waals surface area contributed by atoms with Crippen molar-refractivity contribution in [3.8, 4) is 0 Å². The SMILES string of the molecule is COC(=O)[C@H](CC(C)C)NC(=O)[C@@H](NC(=O)C[C@@H]1CCC(=S)N1Cc1cc(F)cc(F)c1F)C(C)C. The third kappa shape index (κ3) is 7.91. The molecule has 1 aliphatic heterocycles. The molecule has 2 rings (SSSR count). The van der Waals surface area contributed by atoms with E-state index in [9.17, 15) is 27.6 Å². The van der Waals surface area contributed by atoms with Crippen LogP contribution in [0.4, 0.5) is 13.2 Å². The molecule has 1 aliphatic rings. The third-order valence-corrected chi connectivity index (χ3v) is 6.50. The van der Waals surface area contributed by atoms with E-state index in [0.717, 1.165) is 6.07 Å². The van der Waals surface area contributed by atoms with E-state index in [0.29, 0.717) is 30.3 Å². The first-order valence-corrected chi connectivity index (χ1v) is 12.3. The standard InChI is InChI=1S/C25H34F3N3O4S/c1-13(2)8-19(25(34)35-5)29-24(33)23(14(3)4)30-20(32)11-17-6-7-21(36)31(17)12-15-9-16(26)10-18(27)22(15)28/h9-10,13-14,17,19,23H,6-8,11-12H2,1-5H3,(H,29,33)(H,30,32)/t17-,19-,23-/m0/s1. The number of amides is 2. The number of rotatable bonds is 11. The summed E-state index contributed by atoms with van der Waals surface area (Å²) in [6.07, 6.45) is 1.30. The quantitative estimate of drug-likeness (QED) is 0.259. The lowest BCUT2D eigenvalue weighted by Crippen LogP contribution is -2.54. The molecule has 11 heteroatoms. The van der Waals surface area contributed by atoms with Gasteiger partial charge in [0.25, 0.3) is 0 Å². The van der Waals surface area contributed by atoms with Crippen LogP contribution >= 0.6 is 12.2 Å². The molecule has 0 radical (unpaired) electrons. The normalized spacial score (nSPS) is 17.3. The van der Waals surface area contributed by atoms with Crippen molar-refractivity contribution in [2.45, 2.75) is 78.0 Å².